The number of aromatic amines is 1. The maximum absolute atomic E-state index is 12.8. The first kappa shape index (κ1) is 19.2. The quantitative estimate of drug-likeness (QED) is 0.669. The molecule has 5 rings (SSSR count). The first-order valence-corrected chi connectivity index (χ1v) is 10.0. The van der Waals surface area contributed by atoms with E-state index < -0.39 is 6.43 Å². The number of benzene rings is 2. The number of allylic oxidation sites excluding steroid dienone is 2. The van der Waals surface area contributed by atoms with E-state index in [1.165, 1.54) is 0 Å². The molecule has 31 heavy (non-hydrogen) atoms. The number of para-hydroxylation sites is 1. The fourth-order valence-corrected chi connectivity index (χ4v) is 3.96. The molecule has 0 aliphatic carbocycles. The molecule has 0 bridgehead atoms. The van der Waals surface area contributed by atoms with E-state index in [2.05, 4.69) is 10.4 Å². The van der Waals surface area contributed by atoms with Crippen LogP contribution in [0.25, 0.3) is 16.5 Å². The van der Waals surface area contributed by atoms with E-state index >= 15 is 0 Å². The van der Waals surface area contributed by atoms with Crippen molar-refractivity contribution in [3.8, 4) is 0 Å². The minimum atomic E-state index is -2.38. The molecular formula is C24H20F2N4O. The molecule has 0 saturated carbocycles. The molecule has 2 aromatic carbocycles. The highest BCUT2D eigenvalue weighted by Crippen LogP contribution is 2.26. The van der Waals surface area contributed by atoms with Crippen LogP contribution in [0.1, 0.15) is 22.4 Å². The summed E-state index contributed by atoms with van der Waals surface area (Å²) in [5, 5.41) is 2.49. The van der Waals surface area contributed by atoms with Gasteiger partial charge in [0.1, 0.15) is 0 Å². The summed E-state index contributed by atoms with van der Waals surface area (Å²) in [4.78, 5) is 20.8. The Balaban J connectivity index is 1.45. The summed E-state index contributed by atoms with van der Waals surface area (Å²) in [6.45, 7) is 1.79. The van der Waals surface area contributed by atoms with Gasteiger partial charge in [-0.2, -0.15) is 0 Å². The second kappa shape index (κ2) is 7.50. The van der Waals surface area contributed by atoms with Crippen LogP contribution in [0.3, 0.4) is 0 Å². The number of aromatic nitrogens is 1. The third kappa shape index (κ3) is 3.52. The van der Waals surface area contributed by atoms with Gasteiger partial charge in [-0.05, 0) is 41.8 Å². The fourth-order valence-electron chi connectivity index (χ4n) is 3.96. The molecular weight excluding hydrogens is 398 g/mol. The number of aliphatic imine (C=N–C) groups is 1. The number of nitrogens with zero attached hydrogens (tertiary/aromatic N) is 2. The highest BCUT2D eigenvalue weighted by molar-refractivity contribution is 6.01. The predicted octanol–water partition coefficient (Wildman–Crippen LogP) is 4.15. The minimum absolute atomic E-state index is 0.0265. The first-order chi connectivity index (χ1) is 15.0. The lowest BCUT2D eigenvalue weighted by Crippen LogP contribution is -2.38. The lowest BCUT2D eigenvalue weighted by molar-refractivity contribution is 0.149. The number of rotatable bonds is 4. The van der Waals surface area contributed by atoms with E-state index in [9.17, 15) is 13.6 Å². The zero-order chi connectivity index (χ0) is 21.5. The molecule has 0 fully saturated rings. The number of fused-ring (bicyclic) bond motifs is 2. The molecule has 5 nitrogen and oxygen atoms in total. The number of halogens is 2. The lowest BCUT2D eigenvalue weighted by atomic mass is 10.0. The number of H-pyrrole nitrogens is 1. The number of alkyl halides is 2. The van der Waals surface area contributed by atoms with Crippen molar-refractivity contribution in [1.82, 2.24) is 15.4 Å². The Kier molecular flexibility index (Phi) is 4.66. The molecule has 0 amide bonds. The third-order valence-corrected chi connectivity index (χ3v) is 5.54. The maximum atomic E-state index is 12.8. The summed E-state index contributed by atoms with van der Waals surface area (Å²) >= 11 is 0. The van der Waals surface area contributed by atoms with E-state index in [4.69, 9.17) is 4.99 Å². The molecule has 3 aromatic rings. The molecule has 2 aliphatic rings. The number of nitrogens with one attached hydrogen (secondary N) is 2. The Hall–Kier alpha value is -3.74. The number of amidine groups is 1. The topological polar surface area (TPSA) is 60.5 Å². The summed E-state index contributed by atoms with van der Waals surface area (Å²) in [5.41, 5.74) is 7.58. The van der Waals surface area contributed by atoms with Crippen LogP contribution in [0.4, 0.5) is 8.78 Å². The van der Waals surface area contributed by atoms with Crippen molar-refractivity contribution in [3.63, 3.8) is 0 Å². The Morgan fingerprint density at radius 2 is 2.00 bits per heavy atom. The molecule has 1 unspecified atom stereocenters. The summed E-state index contributed by atoms with van der Waals surface area (Å²) in [6, 6.07) is 14.6. The van der Waals surface area contributed by atoms with Gasteiger partial charge in [-0.3, -0.25) is 15.2 Å². The standard InChI is InChI=1S/C24H20F2N4O/c1-14-22(27-19-8-3-2-7-18(19)23(14)31)24-28-21-10-9-17(13-30(21)29-24)16-6-4-5-15(11-16)12-20(25)26/h2-11,13,20-21H,12H2,1H3,(H,27,31)(H,28,29). The van der Waals surface area contributed by atoms with Crippen LogP contribution < -0.4 is 10.9 Å². The van der Waals surface area contributed by atoms with Crippen molar-refractivity contribution >= 4 is 22.3 Å². The van der Waals surface area contributed by atoms with Crippen molar-refractivity contribution in [2.24, 2.45) is 4.99 Å². The van der Waals surface area contributed by atoms with Crippen LogP contribution in [-0.4, -0.2) is 28.4 Å². The van der Waals surface area contributed by atoms with Gasteiger partial charge >= 0.3 is 0 Å². The third-order valence-electron chi connectivity index (χ3n) is 5.54. The lowest BCUT2D eigenvalue weighted by Gasteiger charge is -2.24. The van der Waals surface area contributed by atoms with Crippen LogP contribution in [0.5, 0.6) is 0 Å². The van der Waals surface area contributed by atoms with Crippen LogP contribution in [0.2, 0.25) is 0 Å². The van der Waals surface area contributed by atoms with E-state index in [0.29, 0.717) is 28.0 Å². The van der Waals surface area contributed by atoms with Crippen LogP contribution in [-0.2, 0) is 6.42 Å². The molecule has 2 N–H and O–H groups in total. The molecule has 0 radical (unpaired) electrons. The van der Waals surface area contributed by atoms with E-state index in [1.807, 2.05) is 47.6 Å². The highest BCUT2D eigenvalue weighted by atomic mass is 19.3. The van der Waals surface area contributed by atoms with Gasteiger partial charge in [0, 0.05) is 29.1 Å². The first-order valence-electron chi connectivity index (χ1n) is 10.0. The molecule has 0 spiro atoms. The van der Waals surface area contributed by atoms with Gasteiger partial charge in [0.2, 0.25) is 6.43 Å². The predicted molar refractivity (Wildman–Crippen MR) is 118 cm³/mol. The fraction of sp³-hybridized carbons (Fsp3) is 0.167. The molecule has 0 saturated heterocycles. The zero-order valence-electron chi connectivity index (χ0n) is 16.8. The summed E-state index contributed by atoms with van der Waals surface area (Å²) < 4.78 is 25.5. The van der Waals surface area contributed by atoms with Crippen molar-refractivity contribution in [1.29, 1.82) is 0 Å². The van der Waals surface area contributed by atoms with Gasteiger partial charge in [0.15, 0.2) is 17.4 Å². The van der Waals surface area contributed by atoms with Crippen LogP contribution >= 0.6 is 0 Å². The summed E-state index contributed by atoms with van der Waals surface area (Å²) in [6.07, 6.45) is 2.88. The van der Waals surface area contributed by atoms with Crippen LogP contribution in [0.15, 0.2) is 76.7 Å². The van der Waals surface area contributed by atoms with E-state index in [-0.39, 0.29) is 18.0 Å². The molecule has 1 atom stereocenters. The van der Waals surface area contributed by atoms with E-state index in [0.717, 1.165) is 16.7 Å². The second-order valence-corrected chi connectivity index (χ2v) is 7.65. The average Bonchev–Trinajstić information content (AvgIpc) is 3.19. The van der Waals surface area contributed by atoms with Gasteiger partial charge in [0.05, 0.1) is 5.69 Å². The maximum Gasteiger partial charge on any atom is 0.242 e. The summed E-state index contributed by atoms with van der Waals surface area (Å²) in [5.74, 6) is 0.582. The van der Waals surface area contributed by atoms with Crippen molar-refractivity contribution < 1.29 is 8.78 Å². The second-order valence-electron chi connectivity index (χ2n) is 7.65. The molecule has 1 aromatic heterocycles. The van der Waals surface area contributed by atoms with E-state index in [1.54, 1.807) is 31.2 Å². The van der Waals surface area contributed by atoms with Gasteiger partial charge in [-0.1, -0.05) is 42.5 Å². The van der Waals surface area contributed by atoms with Crippen LogP contribution in [0, 0.1) is 6.92 Å². The number of hydrazine groups is 1. The zero-order valence-corrected chi connectivity index (χ0v) is 16.8. The van der Waals surface area contributed by atoms with Gasteiger partial charge in [-0.15, -0.1) is 0 Å². The molecule has 2 aliphatic heterocycles. The number of pyridine rings is 1. The Morgan fingerprint density at radius 1 is 1.16 bits per heavy atom. The number of hydrogen-bond donors (Lipinski definition) is 2. The highest BCUT2D eigenvalue weighted by Gasteiger charge is 2.27. The Morgan fingerprint density at radius 3 is 2.84 bits per heavy atom. The molecule has 3 heterocycles. The van der Waals surface area contributed by atoms with Crippen molar-refractivity contribution in [3.05, 3.63) is 99.5 Å². The van der Waals surface area contributed by atoms with Gasteiger partial charge < -0.3 is 4.98 Å². The minimum Gasteiger partial charge on any atom is -0.352 e. The average molecular weight is 418 g/mol. The van der Waals surface area contributed by atoms with Crippen molar-refractivity contribution in [2.45, 2.75) is 25.9 Å². The summed E-state index contributed by atoms with van der Waals surface area (Å²) in [7, 11) is 0. The van der Waals surface area contributed by atoms with Gasteiger partial charge in [-0.25, -0.2) is 13.8 Å². The SMILES string of the molecule is Cc1c(C2=NC3C=CC(c4cccc(CC(F)F)c4)=CN3N2)[nH]c2ccccc2c1=O. The van der Waals surface area contributed by atoms with Crippen molar-refractivity contribution in [2.75, 3.05) is 0 Å². The van der Waals surface area contributed by atoms with Gasteiger partial charge in [0.25, 0.3) is 0 Å². The smallest absolute Gasteiger partial charge is 0.242 e. The monoisotopic (exact) mass is 418 g/mol. The number of hydrogen-bond acceptors (Lipinski definition) is 4. The Labute approximate surface area is 177 Å². The normalized spacial score (nSPS) is 17.5. The largest absolute Gasteiger partial charge is 0.352 e. The molecule has 156 valence electrons. The molecule has 7 heteroatoms. The Bertz CT molecular complexity index is 1320.